The van der Waals surface area contributed by atoms with E-state index in [0.717, 1.165) is 5.56 Å². The molecular formula is C12H12N4O2. The zero-order valence-corrected chi connectivity index (χ0v) is 9.74. The summed E-state index contributed by atoms with van der Waals surface area (Å²) in [5.74, 6) is -0.555. The summed E-state index contributed by atoms with van der Waals surface area (Å²) < 4.78 is 0. The molecule has 1 unspecified atom stereocenters. The first-order valence-corrected chi connectivity index (χ1v) is 5.40. The third-order valence-electron chi connectivity index (χ3n) is 2.45. The Hall–Kier alpha value is -2.50. The Morgan fingerprint density at radius 1 is 1.22 bits per heavy atom. The number of hydrogen-bond acceptors (Lipinski definition) is 5. The highest BCUT2D eigenvalue weighted by Gasteiger charge is 2.08. The molecular weight excluding hydrogens is 232 g/mol. The molecule has 0 bridgehead atoms. The van der Waals surface area contributed by atoms with E-state index >= 15 is 0 Å². The van der Waals surface area contributed by atoms with Crippen molar-refractivity contribution in [3.05, 3.63) is 47.9 Å². The van der Waals surface area contributed by atoms with Crippen LogP contribution in [0.4, 0.5) is 5.82 Å². The van der Waals surface area contributed by atoms with Gasteiger partial charge in [0.15, 0.2) is 5.69 Å². The second-order valence-electron chi connectivity index (χ2n) is 3.76. The van der Waals surface area contributed by atoms with Crippen LogP contribution >= 0.6 is 0 Å². The number of carboxylic acids is 1. The number of carbonyl (C=O) groups is 1. The van der Waals surface area contributed by atoms with E-state index in [1.54, 1.807) is 18.5 Å². The van der Waals surface area contributed by atoms with Gasteiger partial charge in [-0.15, -0.1) is 10.2 Å². The Balaban J connectivity index is 2.08. The minimum atomic E-state index is -1.09. The molecule has 0 fully saturated rings. The number of nitrogens with zero attached hydrogens (tertiary/aromatic N) is 3. The Morgan fingerprint density at radius 3 is 2.50 bits per heavy atom. The van der Waals surface area contributed by atoms with Crippen LogP contribution in [0.2, 0.25) is 0 Å². The average Bonchev–Trinajstić information content (AvgIpc) is 2.40. The van der Waals surface area contributed by atoms with Crippen LogP contribution in [0.25, 0.3) is 0 Å². The Kier molecular flexibility index (Phi) is 3.47. The molecule has 2 rings (SSSR count). The molecule has 0 aliphatic carbocycles. The van der Waals surface area contributed by atoms with E-state index in [9.17, 15) is 4.79 Å². The van der Waals surface area contributed by atoms with Crippen molar-refractivity contribution in [2.45, 2.75) is 13.0 Å². The quantitative estimate of drug-likeness (QED) is 0.851. The number of rotatable bonds is 4. The first-order valence-electron chi connectivity index (χ1n) is 5.40. The van der Waals surface area contributed by atoms with Crippen molar-refractivity contribution in [1.82, 2.24) is 15.2 Å². The number of aromatic nitrogens is 3. The van der Waals surface area contributed by atoms with Gasteiger partial charge < -0.3 is 10.4 Å². The standard InChI is InChI=1S/C12H12N4O2/c1-8(9-4-6-13-7-5-9)14-11-3-2-10(12(17)18)15-16-11/h2-8H,1H3,(H,14,16)(H,17,18). The molecule has 1 atom stereocenters. The van der Waals surface area contributed by atoms with Crippen LogP contribution < -0.4 is 5.32 Å². The third kappa shape index (κ3) is 2.79. The van der Waals surface area contributed by atoms with Crippen LogP contribution in [0.5, 0.6) is 0 Å². The minimum Gasteiger partial charge on any atom is -0.476 e. The van der Waals surface area contributed by atoms with Crippen molar-refractivity contribution in [1.29, 1.82) is 0 Å². The van der Waals surface area contributed by atoms with Gasteiger partial charge in [-0.1, -0.05) is 0 Å². The SMILES string of the molecule is CC(Nc1ccc(C(=O)O)nn1)c1ccncc1. The van der Waals surface area contributed by atoms with Crippen LogP contribution in [0.1, 0.15) is 29.0 Å². The second-order valence-corrected chi connectivity index (χ2v) is 3.76. The number of anilines is 1. The van der Waals surface area contributed by atoms with E-state index < -0.39 is 5.97 Å². The summed E-state index contributed by atoms with van der Waals surface area (Å²) in [4.78, 5) is 14.6. The summed E-state index contributed by atoms with van der Waals surface area (Å²) in [5, 5.41) is 19.2. The number of pyridine rings is 1. The molecule has 18 heavy (non-hydrogen) atoms. The van der Waals surface area contributed by atoms with Crippen molar-refractivity contribution >= 4 is 11.8 Å². The zero-order valence-electron chi connectivity index (χ0n) is 9.74. The molecule has 6 heteroatoms. The molecule has 0 aromatic carbocycles. The molecule has 0 amide bonds. The Labute approximate surface area is 104 Å². The smallest absolute Gasteiger partial charge is 0.356 e. The van der Waals surface area contributed by atoms with E-state index in [4.69, 9.17) is 5.11 Å². The fraction of sp³-hybridized carbons (Fsp3) is 0.167. The van der Waals surface area contributed by atoms with Gasteiger partial charge in [0.05, 0.1) is 6.04 Å². The first-order chi connectivity index (χ1) is 8.66. The molecule has 92 valence electrons. The van der Waals surface area contributed by atoms with Gasteiger partial charge in [-0.2, -0.15) is 0 Å². The number of hydrogen-bond donors (Lipinski definition) is 2. The predicted octanol–water partition coefficient (Wildman–Crippen LogP) is 1.74. The van der Waals surface area contributed by atoms with Crippen molar-refractivity contribution < 1.29 is 9.90 Å². The molecule has 2 aromatic rings. The lowest BCUT2D eigenvalue weighted by Crippen LogP contribution is -2.10. The highest BCUT2D eigenvalue weighted by Crippen LogP contribution is 2.16. The fourth-order valence-corrected chi connectivity index (χ4v) is 1.48. The number of carboxylic acid groups (broad SMARTS) is 1. The number of nitrogens with one attached hydrogen (secondary N) is 1. The third-order valence-corrected chi connectivity index (χ3v) is 2.45. The minimum absolute atomic E-state index is 0.0398. The molecule has 0 aliphatic heterocycles. The number of aromatic carboxylic acids is 1. The Bertz CT molecular complexity index is 528. The maximum Gasteiger partial charge on any atom is 0.356 e. The van der Waals surface area contributed by atoms with Gasteiger partial charge in [0.1, 0.15) is 5.82 Å². The van der Waals surface area contributed by atoms with Crippen LogP contribution in [-0.4, -0.2) is 26.3 Å². The molecule has 2 N–H and O–H groups in total. The summed E-state index contributed by atoms with van der Waals surface area (Å²) in [5.41, 5.74) is 0.992. The largest absolute Gasteiger partial charge is 0.476 e. The lowest BCUT2D eigenvalue weighted by atomic mass is 10.1. The normalized spacial score (nSPS) is 11.8. The van der Waals surface area contributed by atoms with Gasteiger partial charge in [0, 0.05) is 12.4 Å². The summed E-state index contributed by atoms with van der Waals surface area (Å²) in [6.07, 6.45) is 3.43. The molecule has 0 saturated carbocycles. The average molecular weight is 244 g/mol. The van der Waals surface area contributed by atoms with Gasteiger partial charge >= 0.3 is 5.97 Å². The molecule has 0 spiro atoms. The van der Waals surface area contributed by atoms with Gasteiger partial charge in [0.25, 0.3) is 0 Å². The second kappa shape index (κ2) is 5.22. The van der Waals surface area contributed by atoms with E-state index in [0.29, 0.717) is 5.82 Å². The van der Waals surface area contributed by atoms with Crippen LogP contribution in [0.3, 0.4) is 0 Å². The van der Waals surface area contributed by atoms with Gasteiger partial charge in [-0.3, -0.25) is 4.98 Å². The lowest BCUT2D eigenvalue weighted by Gasteiger charge is -2.13. The topological polar surface area (TPSA) is 88.0 Å². The van der Waals surface area contributed by atoms with Gasteiger partial charge in [-0.05, 0) is 36.8 Å². The summed E-state index contributed by atoms with van der Waals surface area (Å²) in [6, 6.07) is 6.84. The van der Waals surface area contributed by atoms with Crippen LogP contribution in [0.15, 0.2) is 36.7 Å². The summed E-state index contributed by atoms with van der Waals surface area (Å²) in [6.45, 7) is 1.97. The van der Waals surface area contributed by atoms with E-state index in [2.05, 4.69) is 20.5 Å². The lowest BCUT2D eigenvalue weighted by molar-refractivity contribution is 0.0689. The summed E-state index contributed by atoms with van der Waals surface area (Å²) >= 11 is 0. The maximum atomic E-state index is 10.6. The molecule has 2 aromatic heterocycles. The van der Waals surface area contributed by atoms with Crippen molar-refractivity contribution in [2.75, 3.05) is 5.32 Å². The van der Waals surface area contributed by atoms with Crippen LogP contribution in [-0.2, 0) is 0 Å². The van der Waals surface area contributed by atoms with Crippen molar-refractivity contribution in [3.63, 3.8) is 0 Å². The first kappa shape index (κ1) is 12.0. The molecule has 0 radical (unpaired) electrons. The van der Waals surface area contributed by atoms with Crippen molar-refractivity contribution in [3.8, 4) is 0 Å². The Morgan fingerprint density at radius 2 is 1.94 bits per heavy atom. The molecule has 6 nitrogen and oxygen atoms in total. The summed E-state index contributed by atoms with van der Waals surface area (Å²) in [7, 11) is 0. The van der Waals surface area contributed by atoms with Gasteiger partial charge in [0.2, 0.25) is 0 Å². The highest BCUT2D eigenvalue weighted by atomic mass is 16.4. The van der Waals surface area contributed by atoms with Crippen LogP contribution in [0, 0.1) is 0 Å². The molecule has 0 saturated heterocycles. The van der Waals surface area contributed by atoms with Crippen molar-refractivity contribution in [2.24, 2.45) is 0 Å². The van der Waals surface area contributed by atoms with Gasteiger partial charge in [-0.25, -0.2) is 4.79 Å². The highest BCUT2D eigenvalue weighted by molar-refractivity contribution is 5.85. The van der Waals surface area contributed by atoms with E-state index in [-0.39, 0.29) is 11.7 Å². The molecule has 2 heterocycles. The predicted molar refractivity (Wildman–Crippen MR) is 65.3 cm³/mol. The molecule has 0 aliphatic rings. The van der Waals surface area contributed by atoms with E-state index in [1.165, 1.54) is 6.07 Å². The maximum absolute atomic E-state index is 10.6. The monoisotopic (exact) mass is 244 g/mol. The fourth-order valence-electron chi connectivity index (χ4n) is 1.48. The zero-order chi connectivity index (χ0) is 13.0. The van der Waals surface area contributed by atoms with E-state index in [1.807, 2.05) is 19.1 Å².